The molecule has 1 saturated carbocycles. The van der Waals surface area contributed by atoms with Crippen molar-refractivity contribution in [3.63, 3.8) is 0 Å². The minimum absolute atomic E-state index is 0.331. The number of hydroxylamine groups is 2. The number of rotatable bonds is 5. The Balaban J connectivity index is 1.56. The van der Waals surface area contributed by atoms with Crippen molar-refractivity contribution in [1.82, 2.24) is 5.06 Å². The molecule has 1 aromatic rings. The summed E-state index contributed by atoms with van der Waals surface area (Å²) in [5.74, 6) is 2.00. The topological polar surface area (TPSA) is 41.6 Å². The Morgan fingerprint density at radius 2 is 1.52 bits per heavy atom. The van der Waals surface area contributed by atoms with Crippen LogP contribution in [0.3, 0.4) is 0 Å². The summed E-state index contributed by atoms with van der Waals surface area (Å²) < 4.78 is 11.5. The van der Waals surface area contributed by atoms with E-state index in [0.717, 1.165) is 38.0 Å². The van der Waals surface area contributed by atoms with Gasteiger partial charge < -0.3 is 9.47 Å². The second-order valence-corrected chi connectivity index (χ2v) is 9.78. The van der Waals surface area contributed by atoms with Gasteiger partial charge >= 0.3 is 0 Å². The fourth-order valence-electron chi connectivity index (χ4n) is 5.08. The molecule has 1 heterocycles. The lowest BCUT2D eigenvalue weighted by atomic mass is 9.73. The predicted octanol–water partition coefficient (Wildman–Crippen LogP) is 5.35. The number of piperidine rings is 1. The quantitative estimate of drug-likeness (QED) is 0.697. The number of ether oxygens (including phenoxy) is 2. The van der Waals surface area contributed by atoms with Crippen LogP contribution in [-0.4, -0.2) is 36.0 Å². The van der Waals surface area contributed by atoms with Gasteiger partial charge in [-0.15, -0.1) is 10.3 Å². The molecule has 2 fully saturated rings. The lowest BCUT2D eigenvalue weighted by Gasteiger charge is -2.50. The zero-order valence-corrected chi connectivity index (χ0v) is 17.7. The molecular formula is C23H36NO3. The summed E-state index contributed by atoms with van der Waals surface area (Å²) in [4.78, 5) is 0. The maximum Gasteiger partial charge on any atom is 0.119 e. The summed E-state index contributed by atoms with van der Waals surface area (Å²) >= 11 is 0. The molecule has 151 valence electrons. The third kappa shape index (κ3) is 4.85. The number of hydrogen-bond acceptors (Lipinski definition) is 3. The Kier molecular flexibility index (Phi) is 6.19. The molecule has 0 unspecified atom stereocenters. The summed E-state index contributed by atoms with van der Waals surface area (Å²) in [7, 11) is 1.81. The highest BCUT2D eigenvalue weighted by molar-refractivity contribution is 5.30. The first kappa shape index (κ1) is 20.6. The molecule has 3 rings (SSSR count). The van der Waals surface area contributed by atoms with E-state index in [-0.39, 0.29) is 11.1 Å². The molecule has 1 aromatic carbocycles. The third-order valence-corrected chi connectivity index (χ3v) is 6.56. The van der Waals surface area contributed by atoms with Gasteiger partial charge in [-0.2, -0.15) is 0 Å². The largest absolute Gasteiger partial charge is 0.493 e. The van der Waals surface area contributed by atoms with Gasteiger partial charge in [0.2, 0.25) is 0 Å². The monoisotopic (exact) mass is 374 g/mol. The fraction of sp³-hybridized carbons (Fsp3) is 0.739. The first-order valence-electron chi connectivity index (χ1n) is 10.4. The maximum atomic E-state index is 12.6. The average Bonchev–Trinajstić information content (AvgIpc) is 2.65. The molecule has 2 aliphatic rings. The van der Waals surface area contributed by atoms with Crippen molar-refractivity contribution in [2.45, 2.75) is 89.3 Å². The Hall–Kier alpha value is -1.10. The molecule has 0 atom stereocenters. The van der Waals surface area contributed by atoms with Crippen LogP contribution in [0.2, 0.25) is 0 Å². The van der Waals surface area contributed by atoms with Gasteiger partial charge in [0, 0.05) is 18.2 Å². The summed E-state index contributed by atoms with van der Waals surface area (Å²) in [6.07, 6.45) is 6.89. The molecule has 0 bridgehead atoms. The molecule has 4 heteroatoms. The van der Waals surface area contributed by atoms with Crippen LogP contribution >= 0.6 is 0 Å². The molecule has 4 nitrogen and oxygen atoms in total. The van der Waals surface area contributed by atoms with Crippen molar-refractivity contribution in [2.75, 3.05) is 13.7 Å². The minimum Gasteiger partial charge on any atom is -0.493 e. The minimum atomic E-state index is -0.331. The van der Waals surface area contributed by atoms with Gasteiger partial charge in [0.25, 0.3) is 0 Å². The summed E-state index contributed by atoms with van der Waals surface area (Å²) in [6.45, 7) is 9.03. The van der Waals surface area contributed by atoms with E-state index in [2.05, 4.69) is 52.0 Å². The molecule has 0 aromatic heterocycles. The highest BCUT2D eigenvalue weighted by atomic mass is 16.5. The van der Waals surface area contributed by atoms with Crippen LogP contribution in [-0.2, 0) is 9.94 Å². The van der Waals surface area contributed by atoms with Crippen molar-refractivity contribution in [3.8, 4) is 5.75 Å². The first-order chi connectivity index (χ1) is 12.7. The van der Waals surface area contributed by atoms with Gasteiger partial charge in [0.1, 0.15) is 5.75 Å². The van der Waals surface area contributed by atoms with Gasteiger partial charge in [-0.25, -0.2) is 0 Å². The molecule has 1 aliphatic carbocycles. The molecule has 0 N–H and O–H groups in total. The van der Waals surface area contributed by atoms with Crippen molar-refractivity contribution in [1.29, 1.82) is 0 Å². The summed E-state index contributed by atoms with van der Waals surface area (Å²) in [6, 6.07) is 8.57. The van der Waals surface area contributed by atoms with Crippen LogP contribution in [0.4, 0.5) is 0 Å². The van der Waals surface area contributed by atoms with E-state index in [1.165, 1.54) is 23.5 Å². The Morgan fingerprint density at radius 1 is 0.963 bits per heavy atom. The summed E-state index contributed by atoms with van der Waals surface area (Å²) in [5.41, 5.74) is 0.655. The maximum absolute atomic E-state index is 12.6. The predicted molar refractivity (Wildman–Crippen MR) is 107 cm³/mol. The standard InChI is InChI=1S/C23H36NO3/c1-22(2)14-19(15-23(3,4)24(22)25)18-8-12-21(13-9-18)27-16-17-6-10-20(26-5)11-7-17/h8-9,12-13,17,19-20H,6-7,10-11,14-16H2,1-5H3. The zero-order valence-electron chi connectivity index (χ0n) is 17.7. The third-order valence-electron chi connectivity index (χ3n) is 6.56. The van der Waals surface area contributed by atoms with E-state index < -0.39 is 0 Å². The molecule has 1 saturated heterocycles. The molecule has 0 amide bonds. The Morgan fingerprint density at radius 3 is 2.04 bits per heavy atom. The molecule has 1 aliphatic heterocycles. The first-order valence-corrected chi connectivity index (χ1v) is 10.4. The van der Waals surface area contributed by atoms with Gasteiger partial charge in [0.15, 0.2) is 0 Å². The van der Waals surface area contributed by atoms with Gasteiger partial charge in [-0.3, -0.25) is 0 Å². The van der Waals surface area contributed by atoms with Crippen molar-refractivity contribution in [3.05, 3.63) is 29.8 Å². The second-order valence-electron chi connectivity index (χ2n) is 9.78. The van der Waals surface area contributed by atoms with E-state index in [1.54, 1.807) is 0 Å². The lowest BCUT2D eigenvalue weighted by Crippen LogP contribution is -2.57. The van der Waals surface area contributed by atoms with E-state index in [4.69, 9.17) is 9.47 Å². The molecule has 1 radical (unpaired) electrons. The Bertz CT molecular complexity index is 585. The smallest absolute Gasteiger partial charge is 0.119 e. The highest BCUT2D eigenvalue weighted by Gasteiger charge is 2.46. The highest BCUT2D eigenvalue weighted by Crippen LogP contribution is 2.44. The van der Waals surface area contributed by atoms with Crippen molar-refractivity contribution >= 4 is 0 Å². The van der Waals surface area contributed by atoms with Crippen LogP contribution in [0.25, 0.3) is 0 Å². The van der Waals surface area contributed by atoms with E-state index >= 15 is 0 Å². The van der Waals surface area contributed by atoms with Crippen LogP contribution in [0.15, 0.2) is 24.3 Å². The van der Waals surface area contributed by atoms with Gasteiger partial charge in [-0.05, 0) is 95.8 Å². The molecular weight excluding hydrogens is 338 g/mol. The van der Waals surface area contributed by atoms with Crippen LogP contribution in [0, 0.1) is 5.92 Å². The van der Waals surface area contributed by atoms with Crippen LogP contribution in [0.1, 0.15) is 77.7 Å². The Labute approximate surface area is 164 Å². The van der Waals surface area contributed by atoms with E-state index in [1.807, 2.05) is 7.11 Å². The number of hydrogen-bond donors (Lipinski definition) is 0. The van der Waals surface area contributed by atoms with Crippen molar-refractivity contribution < 1.29 is 14.7 Å². The van der Waals surface area contributed by atoms with Crippen LogP contribution < -0.4 is 4.74 Å². The molecule has 0 spiro atoms. The van der Waals surface area contributed by atoms with Gasteiger partial charge in [0.05, 0.1) is 12.7 Å². The second kappa shape index (κ2) is 8.10. The van der Waals surface area contributed by atoms with E-state index in [0.29, 0.717) is 17.9 Å². The van der Waals surface area contributed by atoms with Crippen LogP contribution in [0.5, 0.6) is 5.75 Å². The van der Waals surface area contributed by atoms with Crippen molar-refractivity contribution in [2.24, 2.45) is 5.92 Å². The van der Waals surface area contributed by atoms with Gasteiger partial charge in [-0.1, -0.05) is 12.1 Å². The fourth-order valence-corrected chi connectivity index (χ4v) is 5.08. The average molecular weight is 375 g/mol. The molecule has 27 heavy (non-hydrogen) atoms. The normalized spacial score (nSPS) is 28.8. The SMILES string of the molecule is COC1CCC(COc2ccc(C3CC(C)(C)N([O])C(C)(C)C3)cc2)CC1. The number of methoxy groups -OCH3 is 1. The number of nitrogens with zero attached hydrogens (tertiary/aromatic N) is 1. The zero-order chi connectivity index (χ0) is 19.7. The number of benzene rings is 1. The lowest BCUT2D eigenvalue weighted by molar-refractivity contribution is -0.289. The van der Waals surface area contributed by atoms with E-state index in [9.17, 15) is 5.21 Å². The summed E-state index contributed by atoms with van der Waals surface area (Å²) in [5, 5.41) is 13.9.